The molecule has 2 rings (SSSR count). The average Bonchev–Trinajstić information content (AvgIpc) is 2.72. The predicted octanol–water partition coefficient (Wildman–Crippen LogP) is 2.17. The molecule has 0 bridgehead atoms. The Bertz CT molecular complexity index is 568. The van der Waals surface area contributed by atoms with E-state index in [1.165, 1.54) is 0 Å². The summed E-state index contributed by atoms with van der Waals surface area (Å²) in [5, 5.41) is 19.8. The summed E-state index contributed by atoms with van der Waals surface area (Å²) in [4.78, 5) is 0. The van der Waals surface area contributed by atoms with Gasteiger partial charge in [-0.25, -0.2) is 0 Å². The van der Waals surface area contributed by atoms with Crippen LogP contribution < -0.4 is 5.32 Å². The van der Waals surface area contributed by atoms with Crippen LogP contribution in [0.3, 0.4) is 0 Å². The Morgan fingerprint density at radius 3 is 2.82 bits per heavy atom. The van der Waals surface area contributed by atoms with Crippen molar-refractivity contribution in [2.24, 2.45) is 0 Å². The molecule has 0 saturated carbocycles. The Labute approximate surface area is 99.1 Å². The second kappa shape index (κ2) is 4.66. The molecule has 5 nitrogen and oxygen atoms in total. The maximum absolute atomic E-state index is 9.06. The van der Waals surface area contributed by atoms with Crippen LogP contribution in [0.1, 0.15) is 22.9 Å². The SMILES string of the molecule is Cc1nnc(CNc2cccc(C)c2C#N)o1. The zero-order chi connectivity index (χ0) is 12.3. The van der Waals surface area contributed by atoms with Crippen molar-refractivity contribution in [1.29, 1.82) is 5.26 Å². The third-order valence-corrected chi connectivity index (χ3v) is 2.38. The smallest absolute Gasteiger partial charge is 0.235 e. The first kappa shape index (κ1) is 11.1. The molecule has 0 amide bonds. The van der Waals surface area contributed by atoms with Crippen LogP contribution in [-0.2, 0) is 6.54 Å². The quantitative estimate of drug-likeness (QED) is 0.871. The third kappa shape index (κ3) is 2.42. The highest BCUT2D eigenvalue weighted by atomic mass is 16.4. The van der Waals surface area contributed by atoms with Gasteiger partial charge in [0.1, 0.15) is 6.07 Å². The molecule has 0 fully saturated rings. The molecule has 0 aliphatic carbocycles. The lowest BCUT2D eigenvalue weighted by Crippen LogP contribution is -2.02. The summed E-state index contributed by atoms with van der Waals surface area (Å²) in [7, 11) is 0. The van der Waals surface area contributed by atoms with Crippen molar-refractivity contribution in [3.8, 4) is 6.07 Å². The molecule has 0 spiro atoms. The number of nitrogens with zero attached hydrogens (tertiary/aromatic N) is 3. The summed E-state index contributed by atoms with van der Waals surface area (Å²) < 4.78 is 5.24. The number of nitriles is 1. The second-order valence-electron chi connectivity index (χ2n) is 3.68. The monoisotopic (exact) mass is 228 g/mol. The minimum atomic E-state index is 0.416. The third-order valence-electron chi connectivity index (χ3n) is 2.38. The molecule has 86 valence electrons. The van der Waals surface area contributed by atoms with E-state index in [-0.39, 0.29) is 0 Å². The summed E-state index contributed by atoms with van der Waals surface area (Å²) in [6.45, 7) is 4.06. The van der Waals surface area contributed by atoms with E-state index < -0.39 is 0 Å². The number of benzene rings is 1. The topological polar surface area (TPSA) is 74.7 Å². The van der Waals surface area contributed by atoms with Gasteiger partial charge in [-0.15, -0.1) is 10.2 Å². The van der Waals surface area contributed by atoms with Crippen molar-refractivity contribution < 1.29 is 4.42 Å². The van der Waals surface area contributed by atoms with Crippen LogP contribution in [0.5, 0.6) is 0 Å². The molecule has 1 aromatic carbocycles. The van der Waals surface area contributed by atoms with Gasteiger partial charge in [-0.3, -0.25) is 0 Å². The molecule has 17 heavy (non-hydrogen) atoms. The highest BCUT2D eigenvalue weighted by Gasteiger charge is 2.06. The second-order valence-corrected chi connectivity index (χ2v) is 3.68. The Kier molecular flexibility index (Phi) is 3.06. The Balaban J connectivity index is 2.14. The van der Waals surface area contributed by atoms with Crippen LogP contribution in [0, 0.1) is 25.2 Å². The zero-order valence-corrected chi connectivity index (χ0v) is 9.69. The molecular formula is C12H12N4O. The number of hydrogen-bond acceptors (Lipinski definition) is 5. The van der Waals surface area contributed by atoms with E-state index in [0.717, 1.165) is 11.3 Å². The lowest BCUT2D eigenvalue weighted by atomic mass is 10.1. The number of aryl methyl sites for hydroxylation is 2. The lowest BCUT2D eigenvalue weighted by Gasteiger charge is -2.07. The number of anilines is 1. The predicted molar refractivity (Wildman–Crippen MR) is 62.3 cm³/mol. The van der Waals surface area contributed by atoms with Gasteiger partial charge in [0.25, 0.3) is 0 Å². The van der Waals surface area contributed by atoms with E-state index in [9.17, 15) is 0 Å². The van der Waals surface area contributed by atoms with Crippen molar-refractivity contribution in [1.82, 2.24) is 10.2 Å². The van der Waals surface area contributed by atoms with Crippen molar-refractivity contribution in [3.63, 3.8) is 0 Å². The maximum atomic E-state index is 9.06. The Morgan fingerprint density at radius 2 is 2.18 bits per heavy atom. The van der Waals surface area contributed by atoms with Gasteiger partial charge < -0.3 is 9.73 Å². The van der Waals surface area contributed by atoms with Gasteiger partial charge in [0, 0.05) is 6.92 Å². The highest BCUT2D eigenvalue weighted by Crippen LogP contribution is 2.18. The number of nitrogens with one attached hydrogen (secondary N) is 1. The molecule has 0 saturated heterocycles. The van der Waals surface area contributed by atoms with Crippen LogP contribution in [0.25, 0.3) is 0 Å². The molecule has 1 aromatic heterocycles. The molecule has 1 heterocycles. The summed E-state index contributed by atoms with van der Waals surface area (Å²) >= 11 is 0. The number of hydrogen-bond donors (Lipinski definition) is 1. The summed E-state index contributed by atoms with van der Waals surface area (Å²) in [6.07, 6.45) is 0. The molecule has 0 aliphatic rings. The summed E-state index contributed by atoms with van der Waals surface area (Å²) in [5.74, 6) is 1.04. The van der Waals surface area contributed by atoms with Crippen LogP contribution in [0.2, 0.25) is 0 Å². The average molecular weight is 228 g/mol. The summed E-state index contributed by atoms with van der Waals surface area (Å²) in [5.41, 5.74) is 2.37. The fourth-order valence-corrected chi connectivity index (χ4v) is 1.54. The van der Waals surface area contributed by atoms with E-state index in [0.29, 0.717) is 23.9 Å². The standard InChI is InChI=1S/C12H12N4O/c1-8-4-3-5-11(10(8)6-13)14-7-12-16-15-9(2)17-12/h3-5,14H,7H2,1-2H3. The molecule has 2 aromatic rings. The van der Waals surface area contributed by atoms with Crippen LogP contribution >= 0.6 is 0 Å². The van der Waals surface area contributed by atoms with E-state index in [2.05, 4.69) is 21.6 Å². The zero-order valence-electron chi connectivity index (χ0n) is 9.69. The Hall–Kier alpha value is -2.35. The lowest BCUT2D eigenvalue weighted by molar-refractivity contribution is 0.475. The first-order chi connectivity index (χ1) is 8.20. The van der Waals surface area contributed by atoms with E-state index in [1.807, 2.05) is 25.1 Å². The number of rotatable bonds is 3. The fraction of sp³-hybridized carbons (Fsp3) is 0.250. The van der Waals surface area contributed by atoms with E-state index in [4.69, 9.17) is 9.68 Å². The minimum Gasteiger partial charge on any atom is -0.424 e. The molecule has 0 aliphatic heterocycles. The molecule has 5 heteroatoms. The van der Waals surface area contributed by atoms with Gasteiger partial charge in [0.05, 0.1) is 17.8 Å². The molecule has 0 atom stereocenters. The highest BCUT2D eigenvalue weighted by molar-refractivity contribution is 5.60. The van der Waals surface area contributed by atoms with Gasteiger partial charge >= 0.3 is 0 Å². The van der Waals surface area contributed by atoms with Gasteiger partial charge in [-0.1, -0.05) is 12.1 Å². The summed E-state index contributed by atoms with van der Waals surface area (Å²) in [6, 6.07) is 7.84. The van der Waals surface area contributed by atoms with E-state index >= 15 is 0 Å². The van der Waals surface area contributed by atoms with Gasteiger partial charge in [0.2, 0.25) is 11.8 Å². The first-order valence-electron chi connectivity index (χ1n) is 5.23. The van der Waals surface area contributed by atoms with E-state index in [1.54, 1.807) is 6.92 Å². The van der Waals surface area contributed by atoms with Gasteiger partial charge in [-0.05, 0) is 18.6 Å². The number of aromatic nitrogens is 2. The van der Waals surface area contributed by atoms with Crippen LogP contribution in [0.15, 0.2) is 22.6 Å². The molecule has 0 unspecified atom stereocenters. The minimum absolute atomic E-state index is 0.416. The molecule has 1 N–H and O–H groups in total. The van der Waals surface area contributed by atoms with Crippen molar-refractivity contribution in [2.45, 2.75) is 20.4 Å². The van der Waals surface area contributed by atoms with Crippen molar-refractivity contribution in [2.75, 3.05) is 5.32 Å². The van der Waals surface area contributed by atoms with Gasteiger partial charge in [-0.2, -0.15) is 5.26 Å². The maximum Gasteiger partial charge on any atom is 0.235 e. The molecular weight excluding hydrogens is 216 g/mol. The van der Waals surface area contributed by atoms with Crippen LogP contribution in [-0.4, -0.2) is 10.2 Å². The van der Waals surface area contributed by atoms with Gasteiger partial charge in [0.15, 0.2) is 0 Å². The van der Waals surface area contributed by atoms with Crippen molar-refractivity contribution in [3.05, 3.63) is 41.1 Å². The normalized spacial score (nSPS) is 9.94. The van der Waals surface area contributed by atoms with Crippen LogP contribution in [0.4, 0.5) is 5.69 Å². The largest absolute Gasteiger partial charge is 0.424 e. The molecule has 0 radical (unpaired) electrons. The van der Waals surface area contributed by atoms with Crippen molar-refractivity contribution >= 4 is 5.69 Å². The fourth-order valence-electron chi connectivity index (χ4n) is 1.54. The Morgan fingerprint density at radius 1 is 1.35 bits per heavy atom. The first-order valence-corrected chi connectivity index (χ1v) is 5.23.